The summed E-state index contributed by atoms with van der Waals surface area (Å²) in [5.41, 5.74) is 0.564. The van der Waals surface area contributed by atoms with Crippen LogP contribution in [-0.2, 0) is 0 Å². The van der Waals surface area contributed by atoms with Crippen molar-refractivity contribution < 1.29 is 18.7 Å². The molecule has 0 radical (unpaired) electrons. The van der Waals surface area contributed by atoms with Gasteiger partial charge < -0.3 is 19.2 Å². The average molecular weight is 289 g/mol. The van der Waals surface area contributed by atoms with Gasteiger partial charge in [0, 0.05) is 6.07 Å². The summed E-state index contributed by atoms with van der Waals surface area (Å²) in [6.45, 7) is 4.39. The zero-order valence-corrected chi connectivity index (χ0v) is 12.4. The standard InChI is InChI=1S/C16H19NO4/c1-11-9-15(12(2)21-11)16(18)17-7-8-20-14-6-4-5-13(10-14)19-3/h4-6,9-10H,7-8H2,1-3H3,(H,17,18). The Labute approximate surface area is 123 Å². The van der Waals surface area contributed by atoms with Gasteiger partial charge in [0.1, 0.15) is 29.6 Å². The molecule has 5 nitrogen and oxygen atoms in total. The Morgan fingerprint density at radius 3 is 2.67 bits per heavy atom. The molecular weight excluding hydrogens is 270 g/mol. The summed E-state index contributed by atoms with van der Waals surface area (Å²) in [5, 5.41) is 2.80. The largest absolute Gasteiger partial charge is 0.497 e. The minimum absolute atomic E-state index is 0.154. The smallest absolute Gasteiger partial charge is 0.254 e. The highest BCUT2D eigenvalue weighted by Crippen LogP contribution is 2.18. The van der Waals surface area contributed by atoms with Gasteiger partial charge in [-0.25, -0.2) is 0 Å². The molecule has 0 aliphatic heterocycles. The molecule has 1 aromatic carbocycles. The van der Waals surface area contributed by atoms with Crippen molar-refractivity contribution in [2.75, 3.05) is 20.3 Å². The molecule has 5 heteroatoms. The first-order valence-corrected chi connectivity index (χ1v) is 6.72. The molecule has 0 saturated heterocycles. The number of methoxy groups -OCH3 is 1. The van der Waals surface area contributed by atoms with E-state index >= 15 is 0 Å². The Kier molecular flexibility index (Phi) is 4.87. The fourth-order valence-corrected chi connectivity index (χ4v) is 1.98. The molecule has 0 aliphatic rings. The highest BCUT2D eigenvalue weighted by Gasteiger charge is 2.12. The van der Waals surface area contributed by atoms with Crippen molar-refractivity contribution in [3.8, 4) is 11.5 Å². The van der Waals surface area contributed by atoms with Crippen LogP contribution in [0.2, 0.25) is 0 Å². The van der Waals surface area contributed by atoms with Crippen LogP contribution in [0.15, 0.2) is 34.7 Å². The van der Waals surface area contributed by atoms with Crippen LogP contribution >= 0.6 is 0 Å². The third-order valence-corrected chi connectivity index (χ3v) is 2.98. The van der Waals surface area contributed by atoms with Crippen LogP contribution in [-0.4, -0.2) is 26.2 Å². The number of amides is 1. The predicted molar refractivity (Wildman–Crippen MR) is 79.0 cm³/mol. The molecule has 21 heavy (non-hydrogen) atoms. The Morgan fingerprint density at radius 1 is 1.24 bits per heavy atom. The van der Waals surface area contributed by atoms with Crippen LogP contribution < -0.4 is 14.8 Å². The first-order valence-electron chi connectivity index (χ1n) is 6.72. The average Bonchev–Trinajstić information content (AvgIpc) is 2.82. The predicted octanol–water partition coefficient (Wildman–Crippen LogP) is 2.71. The second-order valence-electron chi connectivity index (χ2n) is 4.61. The van der Waals surface area contributed by atoms with Crippen molar-refractivity contribution in [1.82, 2.24) is 5.32 Å². The topological polar surface area (TPSA) is 60.7 Å². The molecule has 0 bridgehead atoms. The number of nitrogens with one attached hydrogen (secondary N) is 1. The fraction of sp³-hybridized carbons (Fsp3) is 0.312. The SMILES string of the molecule is COc1cccc(OCCNC(=O)c2cc(C)oc2C)c1. The summed E-state index contributed by atoms with van der Waals surface area (Å²) in [6.07, 6.45) is 0. The fourth-order valence-electron chi connectivity index (χ4n) is 1.98. The normalized spacial score (nSPS) is 10.2. The van der Waals surface area contributed by atoms with Crippen molar-refractivity contribution in [3.05, 3.63) is 47.4 Å². The summed E-state index contributed by atoms with van der Waals surface area (Å²) in [6, 6.07) is 9.07. The van der Waals surface area contributed by atoms with E-state index < -0.39 is 0 Å². The number of benzene rings is 1. The number of furan rings is 1. The highest BCUT2D eigenvalue weighted by molar-refractivity contribution is 5.95. The van der Waals surface area contributed by atoms with Crippen LogP contribution in [0, 0.1) is 13.8 Å². The third kappa shape index (κ3) is 4.02. The zero-order valence-electron chi connectivity index (χ0n) is 12.4. The van der Waals surface area contributed by atoms with Gasteiger partial charge in [-0.2, -0.15) is 0 Å². The summed E-state index contributed by atoms with van der Waals surface area (Å²) < 4.78 is 16.0. The molecule has 1 heterocycles. The minimum atomic E-state index is -0.154. The first kappa shape index (κ1) is 15.0. The van der Waals surface area contributed by atoms with Crippen LogP contribution in [0.3, 0.4) is 0 Å². The molecule has 2 aromatic rings. The van der Waals surface area contributed by atoms with Crippen molar-refractivity contribution in [1.29, 1.82) is 0 Å². The Balaban J connectivity index is 1.79. The lowest BCUT2D eigenvalue weighted by Crippen LogP contribution is -2.28. The summed E-state index contributed by atoms with van der Waals surface area (Å²) in [4.78, 5) is 11.9. The van der Waals surface area contributed by atoms with E-state index in [1.54, 1.807) is 26.2 Å². The van der Waals surface area contributed by atoms with E-state index in [-0.39, 0.29) is 5.91 Å². The second kappa shape index (κ2) is 6.83. The van der Waals surface area contributed by atoms with Gasteiger partial charge >= 0.3 is 0 Å². The molecule has 0 saturated carbocycles. The van der Waals surface area contributed by atoms with Crippen molar-refractivity contribution in [2.24, 2.45) is 0 Å². The number of hydrogen-bond acceptors (Lipinski definition) is 4. The molecule has 0 spiro atoms. The van der Waals surface area contributed by atoms with Gasteiger partial charge in [-0.3, -0.25) is 4.79 Å². The molecule has 0 atom stereocenters. The summed E-state index contributed by atoms with van der Waals surface area (Å²) >= 11 is 0. The van der Waals surface area contributed by atoms with E-state index in [0.717, 1.165) is 11.5 Å². The van der Waals surface area contributed by atoms with Crippen LogP contribution in [0.1, 0.15) is 21.9 Å². The maximum atomic E-state index is 11.9. The molecule has 2 rings (SSSR count). The summed E-state index contributed by atoms with van der Waals surface area (Å²) in [5.74, 6) is 2.64. The van der Waals surface area contributed by atoms with Gasteiger partial charge in [0.15, 0.2) is 0 Å². The highest BCUT2D eigenvalue weighted by atomic mass is 16.5. The van der Waals surface area contributed by atoms with Crippen LogP contribution in [0.5, 0.6) is 11.5 Å². The molecule has 0 unspecified atom stereocenters. The van der Waals surface area contributed by atoms with E-state index in [1.165, 1.54) is 0 Å². The number of hydrogen-bond donors (Lipinski definition) is 1. The van der Waals surface area contributed by atoms with E-state index in [0.29, 0.717) is 30.2 Å². The lowest BCUT2D eigenvalue weighted by molar-refractivity contribution is 0.0945. The molecule has 1 aromatic heterocycles. The van der Waals surface area contributed by atoms with Crippen molar-refractivity contribution in [2.45, 2.75) is 13.8 Å². The van der Waals surface area contributed by atoms with Gasteiger partial charge in [0.05, 0.1) is 19.2 Å². The van der Waals surface area contributed by atoms with Gasteiger partial charge in [-0.15, -0.1) is 0 Å². The second-order valence-corrected chi connectivity index (χ2v) is 4.61. The number of rotatable bonds is 6. The Hall–Kier alpha value is -2.43. The number of carbonyl (C=O) groups excluding carboxylic acids is 1. The zero-order chi connectivity index (χ0) is 15.2. The van der Waals surface area contributed by atoms with Crippen molar-refractivity contribution in [3.63, 3.8) is 0 Å². The van der Waals surface area contributed by atoms with E-state index in [1.807, 2.05) is 25.1 Å². The quantitative estimate of drug-likeness (QED) is 0.831. The van der Waals surface area contributed by atoms with Gasteiger partial charge in [-0.1, -0.05) is 6.07 Å². The van der Waals surface area contributed by atoms with Gasteiger partial charge in [-0.05, 0) is 32.0 Å². The lowest BCUT2D eigenvalue weighted by Gasteiger charge is -2.08. The van der Waals surface area contributed by atoms with Crippen molar-refractivity contribution >= 4 is 5.91 Å². The van der Waals surface area contributed by atoms with Gasteiger partial charge in [0.25, 0.3) is 5.91 Å². The molecule has 0 aliphatic carbocycles. The molecule has 1 amide bonds. The number of aryl methyl sites for hydroxylation is 2. The van der Waals surface area contributed by atoms with E-state index in [9.17, 15) is 4.79 Å². The molecule has 0 fully saturated rings. The summed E-state index contributed by atoms with van der Waals surface area (Å²) in [7, 11) is 1.61. The van der Waals surface area contributed by atoms with E-state index in [2.05, 4.69) is 5.32 Å². The van der Waals surface area contributed by atoms with Crippen LogP contribution in [0.25, 0.3) is 0 Å². The Bertz CT molecular complexity index is 618. The molecule has 112 valence electrons. The van der Waals surface area contributed by atoms with E-state index in [4.69, 9.17) is 13.9 Å². The minimum Gasteiger partial charge on any atom is -0.497 e. The Morgan fingerprint density at radius 2 is 2.00 bits per heavy atom. The molecule has 1 N–H and O–H groups in total. The number of ether oxygens (including phenoxy) is 2. The maximum absolute atomic E-state index is 11.9. The van der Waals surface area contributed by atoms with Crippen LogP contribution in [0.4, 0.5) is 0 Å². The molecular formula is C16H19NO4. The van der Waals surface area contributed by atoms with Gasteiger partial charge in [0.2, 0.25) is 0 Å². The maximum Gasteiger partial charge on any atom is 0.254 e. The first-order chi connectivity index (χ1) is 10.1. The lowest BCUT2D eigenvalue weighted by atomic mass is 10.2. The monoisotopic (exact) mass is 289 g/mol. The third-order valence-electron chi connectivity index (χ3n) is 2.98. The number of carbonyl (C=O) groups is 1.